The van der Waals surface area contributed by atoms with Crippen molar-refractivity contribution in [1.29, 1.82) is 0 Å². The molecule has 0 amide bonds. The van der Waals surface area contributed by atoms with Crippen LogP contribution >= 0.6 is 23.5 Å². The van der Waals surface area contributed by atoms with Crippen LogP contribution in [0.1, 0.15) is 0 Å². The third-order valence-corrected chi connectivity index (χ3v) is 3.43. The Morgan fingerprint density at radius 3 is 1.87 bits per heavy atom. The van der Waals surface area contributed by atoms with Crippen molar-refractivity contribution < 1.29 is 0 Å². The smallest absolute Gasteiger partial charge is 0.169 e. The first kappa shape index (κ1) is 10.6. The Hall–Kier alpha value is -0.880. The van der Waals surface area contributed by atoms with Gasteiger partial charge in [-0.15, -0.1) is 0 Å². The van der Waals surface area contributed by atoms with Crippen molar-refractivity contribution in [3.05, 3.63) is 24.8 Å². The minimum absolute atomic E-state index is 0.770. The van der Waals surface area contributed by atoms with Crippen LogP contribution in [0.15, 0.2) is 35.1 Å². The fourth-order valence-electron chi connectivity index (χ4n) is 1.35. The predicted molar refractivity (Wildman–Crippen MR) is 63.4 cm³/mol. The van der Waals surface area contributed by atoms with E-state index in [2.05, 4.69) is 19.1 Å². The molecule has 0 aliphatic carbocycles. The van der Waals surface area contributed by atoms with Crippen LogP contribution in [0.25, 0.3) is 0 Å². The van der Waals surface area contributed by atoms with Gasteiger partial charge in [0.1, 0.15) is 6.67 Å². The summed E-state index contributed by atoms with van der Waals surface area (Å²) in [5.74, 6) is 0. The fourth-order valence-corrected chi connectivity index (χ4v) is 2.39. The molecule has 2 aromatic heterocycles. The topological polar surface area (TPSA) is 35.6 Å². The highest BCUT2D eigenvalue weighted by Crippen LogP contribution is 2.15. The van der Waals surface area contributed by atoms with Gasteiger partial charge >= 0.3 is 0 Å². The van der Waals surface area contributed by atoms with Gasteiger partial charge in [0.15, 0.2) is 10.3 Å². The second-order valence-electron chi connectivity index (χ2n) is 2.91. The zero-order valence-electron chi connectivity index (χ0n) is 8.62. The van der Waals surface area contributed by atoms with Gasteiger partial charge in [-0.05, 0) is 12.5 Å². The average molecular weight is 240 g/mol. The maximum absolute atomic E-state index is 4.26. The molecule has 2 aromatic rings. The molecule has 0 aliphatic heterocycles. The minimum Gasteiger partial charge on any atom is -0.307 e. The quantitative estimate of drug-likeness (QED) is 0.766. The van der Waals surface area contributed by atoms with Crippen LogP contribution < -0.4 is 0 Å². The van der Waals surface area contributed by atoms with Gasteiger partial charge in [0.2, 0.25) is 0 Å². The summed E-state index contributed by atoms with van der Waals surface area (Å²) in [7, 11) is 0. The van der Waals surface area contributed by atoms with Crippen molar-refractivity contribution >= 4 is 23.5 Å². The zero-order valence-corrected chi connectivity index (χ0v) is 10.3. The number of rotatable bonds is 4. The summed E-state index contributed by atoms with van der Waals surface area (Å²) < 4.78 is 4.21. The van der Waals surface area contributed by atoms with Gasteiger partial charge in [0.05, 0.1) is 0 Å². The lowest BCUT2D eigenvalue weighted by Gasteiger charge is -2.08. The van der Waals surface area contributed by atoms with E-state index in [1.165, 1.54) is 0 Å². The maximum Gasteiger partial charge on any atom is 0.169 e. The van der Waals surface area contributed by atoms with Gasteiger partial charge < -0.3 is 9.13 Å². The van der Waals surface area contributed by atoms with E-state index >= 15 is 0 Å². The summed E-state index contributed by atoms with van der Waals surface area (Å²) in [6, 6.07) is 0. The molecule has 0 fully saturated rings. The Labute approximate surface area is 97.1 Å². The van der Waals surface area contributed by atoms with Crippen molar-refractivity contribution in [2.45, 2.75) is 17.0 Å². The van der Waals surface area contributed by atoms with Crippen LogP contribution in [0.2, 0.25) is 0 Å². The molecule has 0 radical (unpaired) electrons. The molecule has 2 heterocycles. The van der Waals surface area contributed by atoms with E-state index in [4.69, 9.17) is 0 Å². The van der Waals surface area contributed by atoms with Crippen molar-refractivity contribution in [2.75, 3.05) is 12.5 Å². The van der Waals surface area contributed by atoms with Gasteiger partial charge in [0, 0.05) is 24.8 Å². The minimum atomic E-state index is 0.770. The summed E-state index contributed by atoms with van der Waals surface area (Å²) in [4.78, 5) is 8.51. The zero-order chi connectivity index (χ0) is 10.7. The van der Waals surface area contributed by atoms with Crippen LogP contribution in [-0.4, -0.2) is 31.6 Å². The van der Waals surface area contributed by atoms with Gasteiger partial charge in [-0.25, -0.2) is 9.97 Å². The highest BCUT2D eigenvalue weighted by Gasteiger charge is 2.04. The predicted octanol–water partition coefficient (Wildman–Crippen LogP) is 2.03. The Bertz CT molecular complexity index is 395. The highest BCUT2D eigenvalue weighted by atomic mass is 32.2. The Balaban J connectivity index is 2.21. The molecule has 0 spiro atoms. The molecule has 0 N–H and O–H groups in total. The molecule has 0 saturated heterocycles. The van der Waals surface area contributed by atoms with E-state index in [1.54, 1.807) is 23.5 Å². The molecule has 0 saturated carbocycles. The number of nitrogens with zero attached hydrogens (tertiary/aromatic N) is 4. The van der Waals surface area contributed by atoms with E-state index in [0.717, 1.165) is 17.0 Å². The first-order valence-electron chi connectivity index (χ1n) is 4.45. The molecule has 80 valence electrons. The van der Waals surface area contributed by atoms with Crippen LogP contribution in [0.5, 0.6) is 0 Å². The van der Waals surface area contributed by atoms with Crippen LogP contribution in [0.4, 0.5) is 0 Å². The van der Waals surface area contributed by atoms with Gasteiger partial charge in [0.25, 0.3) is 0 Å². The molecule has 15 heavy (non-hydrogen) atoms. The molecule has 6 heteroatoms. The van der Waals surface area contributed by atoms with Crippen molar-refractivity contribution in [1.82, 2.24) is 19.1 Å². The fraction of sp³-hybridized carbons (Fsp3) is 0.333. The van der Waals surface area contributed by atoms with E-state index in [0.29, 0.717) is 0 Å². The lowest BCUT2D eigenvalue weighted by molar-refractivity contribution is 0.529. The summed E-state index contributed by atoms with van der Waals surface area (Å²) in [5.41, 5.74) is 0. The molecular weight excluding hydrogens is 228 g/mol. The van der Waals surface area contributed by atoms with E-state index in [1.807, 2.05) is 37.3 Å². The normalized spacial score (nSPS) is 10.8. The monoisotopic (exact) mass is 240 g/mol. The second-order valence-corrected chi connectivity index (χ2v) is 4.46. The van der Waals surface area contributed by atoms with Crippen molar-refractivity contribution in [3.8, 4) is 0 Å². The summed E-state index contributed by atoms with van der Waals surface area (Å²) in [6.07, 6.45) is 11.7. The molecule has 2 rings (SSSR count). The number of imidazole rings is 2. The lowest BCUT2D eigenvalue weighted by atomic mass is 10.8. The third-order valence-electron chi connectivity index (χ3n) is 2.02. The Morgan fingerprint density at radius 1 is 1.00 bits per heavy atom. The molecule has 0 atom stereocenters. The van der Waals surface area contributed by atoms with Crippen LogP contribution in [0, 0.1) is 0 Å². The number of hydrogen-bond acceptors (Lipinski definition) is 4. The van der Waals surface area contributed by atoms with Crippen molar-refractivity contribution in [2.24, 2.45) is 0 Å². The molecule has 0 bridgehead atoms. The maximum atomic E-state index is 4.26. The van der Waals surface area contributed by atoms with Crippen LogP contribution in [-0.2, 0) is 6.67 Å². The van der Waals surface area contributed by atoms with Crippen molar-refractivity contribution in [3.63, 3.8) is 0 Å². The number of aromatic nitrogens is 4. The standard InChI is InChI=1S/C9H12N4S2/c1-14-8-10-3-5-12(8)7-13-6-4-11-9(13)15-2/h3-6H,7H2,1-2H3. The molecule has 0 aromatic carbocycles. The average Bonchev–Trinajstić information content (AvgIpc) is 2.87. The summed E-state index contributed by atoms with van der Waals surface area (Å²) >= 11 is 3.30. The molecule has 4 nitrogen and oxygen atoms in total. The number of hydrogen-bond donors (Lipinski definition) is 0. The van der Waals surface area contributed by atoms with E-state index in [9.17, 15) is 0 Å². The number of thioether (sulfide) groups is 2. The largest absolute Gasteiger partial charge is 0.307 e. The first-order chi connectivity index (χ1) is 7.35. The van der Waals surface area contributed by atoms with E-state index in [-0.39, 0.29) is 0 Å². The molecule has 0 aliphatic rings. The lowest BCUT2D eigenvalue weighted by Crippen LogP contribution is -2.08. The second kappa shape index (κ2) is 4.76. The SMILES string of the molecule is CSc1nccn1Cn1ccnc1SC. The molecule has 0 unspecified atom stereocenters. The highest BCUT2D eigenvalue weighted by molar-refractivity contribution is 7.98. The van der Waals surface area contributed by atoms with Gasteiger partial charge in [-0.1, -0.05) is 23.5 Å². The van der Waals surface area contributed by atoms with E-state index < -0.39 is 0 Å². The third kappa shape index (κ3) is 2.21. The first-order valence-corrected chi connectivity index (χ1v) is 6.90. The van der Waals surface area contributed by atoms with Crippen LogP contribution in [0.3, 0.4) is 0 Å². The summed E-state index contributed by atoms with van der Waals surface area (Å²) in [5, 5.41) is 2.05. The Morgan fingerprint density at radius 2 is 1.47 bits per heavy atom. The summed E-state index contributed by atoms with van der Waals surface area (Å²) in [6.45, 7) is 0.770. The Kier molecular flexibility index (Phi) is 3.37. The van der Waals surface area contributed by atoms with Gasteiger partial charge in [-0.3, -0.25) is 0 Å². The van der Waals surface area contributed by atoms with Gasteiger partial charge in [-0.2, -0.15) is 0 Å². The molecular formula is C9H12N4S2.